The number of hydrogen-bond donors (Lipinski definition) is 4. The number of hydroxylamine groups is 4. The monoisotopic (exact) mass is 1140 g/mol. The predicted molar refractivity (Wildman–Crippen MR) is 279 cm³/mol. The summed E-state index contributed by atoms with van der Waals surface area (Å²) in [5.41, 5.74) is 2.52. The number of piperidine rings is 2. The van der Waals surface area contributed by atoms with Crippen LogP contribution in [0.4, 0.5) is 29.9 Å². The number of rotatable bonds is 10. The molecular weight excluding hydrogens is 1080 g/mol. The molecule has 0 bridgehead atoms. The molecule has 0 spiro atoms. The van der Waals surface area contributed by atoms with Crippen LogP contribution in [0.25, 0.3) is 0 Å². The number of carbonyl (C=O) groups excluding carboxylic acids is 5. The zero-order valence-electron chi connectivity index (χ0n) is 45.1. The number of ether oxygens (including phenoxy) is 1. The maximum Gasteiger partial charge on any atom is 0.490 e. The third-order valence-electron chi connectivity index (χ3n) is 14.0. The number of carboxylic acid groups (broad SMARTS) is 1. The van der Waals surface area contributed by atoms with Gasteiger partial charge in [-0.05, 0) is 81.8 Å². The molecule has 0 unspecified atom stereocenters. The third kappa shape index (κ3) is 15.2. The first-order valence-electron chi connectivity index (χ1n) is 26.6. The number of pyridine rings is 2. The van der Waals surface area contributed by atoms with Crippen molar-refractivity contribution in [2.75, 3.05) is 75.4 Å². The van der Waals surface area contributed by atoms with Crippen molar-refractivity contribution in [3.63, 3.8) is 0 Å². The number of amides is 5. The molecule has 0 radical (unpaired) electrons. The van der Waals surface area contributed by atoms with Gasteiger partial charge in [-0.3, -0.25) is 38.8 Å². The summed E-state index contributed by atoms with van der Waals surface area (Å²) in [4.78, 5) is 116. The quantitative estimate of drug-likeness (QED) is 0.177. The number of alkyl halides is 3. The number of hydrogen-bond acceptors (Lipinski definition) is 20. The summed E-state index contributed by atoms with van der Waals surface area (Å²) in [6.45, 7) is 10.9. The Bertz CT molecular complexity index is 3060. The number of nitriles is 2. The van der Waals surface area contributed by atoms with Gasteiger partial charge in [0.2, 0.25) is 23.7 Å². The number of aliphatic carboxylic acids is 1. The van der Waals surface area contributed by atoms with Crippen molar-refractivity contribution >= 4 is 47.6 Å². The molecule has 29 heteroatoms. The van der Waals surface area contributed by atoms with E-state index in [1.807, 2.05) is 30.6 Å². The Hall–Kier alpha value is -8.67. The van der Waals surface area contributed by atoms with Gasteiger partial charge in [-0.25, -0.2) is 39.7 Å². The second-order valence-corrected chi connectivity index (χ2v) is 21.0. The van der Waals surface area contributed by atoms with Crippen LogP contribution in [0.15, 0.2) is 61.4 Å². The fraction of sp³-hybridized carbons (Fsp3) is 0.509. The molecule has 6 aliphatic rings. The van der Waals surface area contributed by atoms with E-state index in [0.717, 1.165) is 24.2 Å². The number of anilines is 2. The van der Waals surface area contributed by atoms with E-state index in [4.69, 9.17) is 29.6 Å². The third-order valence-corrected chi connectivity index (χ3v) is 14.0. The Labute approximate surface area is 468 Å². The standard InChI is InChI=1S/C28H34N8O5.C23H26N8O3.C2HF3O2/c1-28(2,3)41-27(39)35-16-21(17-35)32-24(37)22-4-8-31-26(33-22)34-9-5-19(6-10-34)25(38)36-23(7-11-40-36)20-12-18(13-29)14-30-15-20;24-10-15-9-17(12-25-11-15)20-4-8-34-31(20)22(33)16-2-6-30(7-3-16)23-27-5-1-19(29-23)21(32)28-18-13-26-14-18;3-2(4,5)1(6)7/h4,8,12,14-15,19,21,23H,5-7,9-11,16-17H2,1-3H3,(H,32,37);1,5,9,11-12,16,18,20,26H,2-4,6-8,13-14H2,(H,28,32);(H,6,7)/t23-;20-;/m00./s1. The van der Waals surface area contributed by atoms with Crippen molar-refractivity contribution in [2.24, 2.45) is 11.8 Å². The van der Waals surface area contributed by atoms with Gasteiger partial charge in [-0.1, -0.05) is 0 Å². The minimum Gasteiger partial charge on any atom is -0.475 e. The number of aromatic nitrogens is 6. The van der Waals surface area contributed by atoms with Crippen LogP contribution < -0.4 is 25.8 Å². The van der Waals surface area contributed by atoms with Gasteiger partial charge in [0.1, 0.15) is 29.1 Å². The van der Waals surface area contributed by atoms with Crippen LogP contribution in [-0.4, -0.2) is 175 Å². The lowest BCUT2D eigenvalue weighted by Gasteiger charge is -2.39. The van der Waals surface area contributed by atoms with Crippen LogP contribution in [0.1, 0.15) is 115 Å². The van der Waals surface area contributed by atoms with Gasteiger partial charge in [-0.15, -0.1) is 0 Å². The van der Waals surface area contributed by atoms with E-state index in [1.165, 1.54) is 22.5 Å². The summed E-state index contributed by atoms with van der Waals surface area (Å²) in [6.07, 6.45) is 7.78. The van der Waals surface area contributed by atoms with Crippen molar-refractivity contribution in [3.05, 3.63) is 95.1 Å². The van der Waals surface area contributed by atoms with E-state index in [1.54, 1.807) is 54.0 Å². The van der Waals surface area contributed by atoms with Gasteiger partial charge < -0.3 is 40.5 Å². The minimum atomic E-state index is -5.08. The van der Waals surface area contributed by atoms with E-state index in [2.05, 4.69) is 58.0 Å². The van der Waals surface area contributed by atoms with Crippen LogP contribution in [0.2, 0.25) is 0 Å². The minimum absolute atomic E-state index is 0.0485. The van der Waals surface area contributed by atoms with E-state index in [9.17, 15) is 42.4 Å². The van der Waals surface area contributed by atoms with Crippen molar-refractivity contribution < 1.29 is 61.5 Å². The molecule has 4 N–H and O–H groups in total. The molecule has 4 aromatic heterocycles. The number of carbonyl (C=O) groups is 6. The number of halogens is 3. The maximum absolute atomic E-state index is 13.4. The van der Waals surface area contributed by atoms with Crippen LogP contribution in [0.3, 0.4) is 0 Å². The fourth-order valence-corrected chi connectivity index (χ4v) is 9.60. The molecule has 6 saturated heterocycles. The van der Waals surface area contributed by atoms with Gasteiger partial charge in [0.05, 0.1) is 48.5 Å². The predicted octanol–water partition coefficient (Wildman–Crippen LogP) is 3.41. The molecule has 5 amide bonds. The molecule has 10 rings (SSSR count). The SMILES string of the molecule is CC(C)(C)OC(=O)N1CC(NC(=O)c2ccnc(N3CCC(C(=O)N4OCC[C@H]4c4cncc(C#N)c4)CC3)n2)C1.N#Cc1cncc([C@@H]2CCON2C(=O)C2CCN(c3nccc(C(=O)NC4CNC4)n3)CC2)c1.O=C(O)C(F)(F)F. The van der Waals surface area contributed by atoms with E-state index < -0.39 is 23.8 Å². The van der Waals surface area contributed by atoms with Crippen LogP contribution in [-0.2, 0) is 28.8 Å². The van der Waals surface area contributed by atoms with E-state index >= 15 is 0 Å². The largest absolute Gasteiger partial charge is 0.490 e. The number of likely N-dealkylation sites (tertiary alicyclic amines) is 1. The average Bonchev–Trinajstić information content (AvgIpc) is 4.30. The second kappa shape index (κ2) is 26.3. The summed E-state index contributed by atoms with van der Waals surface area (Å²) >= 11 is 0. The topological polar surface area (TPSA) is 328 Å². The van der Waals surface area contributed by atoms with Gasteiger partial charge >= 0.3 is 18.2 Å². The highest BCUT2D eigenvalue weighted by molar-refractivity contribution is 5.93. The molecule has 0 aromatic carbocycles. The van der Waals surface area contributed by atoms with Crippen LogP contribution >= 0.6 is 0 Å². The first-order valence-corrected chi connectivity index (χ1v) is 26.6. The number of nitrogens with one attached hydrogen (secondary N) is 3. The number of carboxylic acids is 1. The van der Waals surface area contributed by atoms with Gasteiger partial charge in [-0.2, -0.15) is 23.7 Å². The summed E-state index contributed by atoms with van der Waals surface area (Å²) < 4.78 is 37.1. The zero-order valence-corrected chi connectivity index (χ0v) is 45.1. The van der Waals surface area contributed by atoms with E-state index in [-0.39, 0.29) is 65.3 Å². The molecule has 6 fully saturated rings. The average molecular weight is 1140 g/mol. The molecular formula is C53H61F3N16O10. The normalized spacial score (nSPS) is 19.6. The Morgan fingerprint density at radius 3 is 1.49 bits per heavy atom. The molecule has 0 aliphatic carbocycles. The summed E-state index contributed by atoms with van der Waals surface area (Å²) in [6, 6.07) is 10.3. The Morgan fingerprint density at radius 2 is 1.11 bits per heavy atom. The van der Waals surface area contributed by atoms with Crippen LogP contribution in [0, 0.1) is 34.5 Å². The Balaban J connectivity index is 0.000000195. The highest BCUT2D eigenvalue weighted by atomic mass is 19.4. The summed E-state index contributed by atoms with van der Waals surface area (Å²) in [5.74, 6) is -2.89. The zero-order chi connectivity index (χ0) is 58.7. The van der Waals surface area contributed by atoms with E-state index in [0.29, 0.717) is 120 Å². The van der Waals surface area contributed by atoms with Crippen molar-refractivity contribution in [1.82, 2.24) is 60.9 Å². The first-order chi connectivity index (χ1) is 39.2. The van der Waals surface area contributed by atoms with Gasteiger partial charge in [0.25, 0.3) is 11.8 Å². The van der Waals surface area contributed by atoms with Gasteiger partial charge in [0.15, 0.2) is 0 Å². The first kappa shape index (κ1) is 59.5. The lowest BCUT2D eigenvalue weighted by atomic mass is 9.94. The molecule has 2 atom stereocenters. The number of nitrogens with zero attached hydrogens (tertiary/aromatic N) is 13. The van der Waals surface area contributed by atoms with Crippen LogP contribution in [0.5, 0.6) is 0 Å². The molecule has 6 aliphatic heterocycles. The van der Waals surface area contributed by atoms with Crippen molar-refractivity contribution in [2.45, 2.75) is 95.2 Å². The molecule has 0 saturated carbocycles. The highest BCUT2D eigenvalue weighted by Gasteiger charge is 2.41. The van der Waals surface area contributed by atoms with Crippen molar-refractivity contribution in [1.29, 1.82) is 10.5 Å². The lowest BCUT2D eigenvalue weighted by molar-refractivity contribution is -0.192. The Morgan fingerprint density at radius 1 is 0.683 bits per heavy atom. The molecule has 26 nitrogen and oxygen atoms in total. The molecule has 82 heavy (non-hydrogen) atoms. The lowest BCUT2D eigenvalue weighted by Crippen LogP contribution is -2.61. The molecule has 10 heterocycles. The van der Waals surface area contributed by atoms with Crippen molar-refractivity contribution in [3.8, 4) is 12.1 Å². The summed E-state index contributed by atoms with van der Waals surface area (Å²) in [7, 11) is 0. The Kier molecular flexibility index (Phi) is 19.1. The fourth-order valence-electron chi connectivity index (χ4n) is 9.60. The second-order valence-electron chi connectivity index (χ2n) is 21.0. The molecule has 4 aromatic rings. The maximum atomic E-state index is 13.4. The summed E-state index contributed by atoms with van der Waals surface area (Å²) in [5, 5.41) is 37.4. The van der Waals surface area contributed by atoms with Gasteiger partial charge in [0, 0.05) is 114 Å². The smallest absolute Gasteiger partial charge is 0.475 e. The molecule has 434 valence electrons. The highest BCUT2D eigenvalue weighted by Crippen LogP contribution is 2.36.